The van der Waals surface area contributed by atoms with Gasteiger partial charge < -0.3 is 9.47 Å². The van der Waals surface area contributed by atoms with E-state index in [0.29, 0.717) is 5.57 Å². The maximum absolute atomic E-state index is 12.5. The monoisotopic (exact) mass is 366 g/mol. The number of fused-ring (bicyclic) bond motifs is 2. The standard InChI is InChI=1S/C25H18O3/c1-16-23(21-12-10-17-6-2-4-8-19(17)14-21)27-25(28-24(16)26)22-13-11-18-7-3-5-9-20(18)15-22/h2-15,23,25H,1H2. The Morgan fingerprint density at radius 3 is 1.86 bits per heavy atom. The Labute approximate surface area is 162 Å². The van der Waals surface area contributed by atoms with E-state index >= 15 is 0 Å². The van der Waals surface area contributed by atoms with Gasteiger partial charge in [-0.25, -0.2) is 4.79 Å². The van der Waals surface area contributed by atoms with E-state index in [1.54, 1.807) is 0 Å². The number of benzene rings is 4. The first-order chi connectivity index (χ1) is 13.7. The van der Waals surface area contributed by atoms with Crippen LogP contribution in [0.2, 0.25) is 0 Å². The van der Waals surface area contributed by atoms with E-state index in [1.807, 2.05) is 78.9 Å². The van der Waals surface area contributed by atoms with Crippen LogP contribution >= 0.6 is 0 Å². The molecule has 1 saturated heterocycles. The van der Waals surface area contributed by atoms with Gasteiger partial charge in [0.2, 0.25) is 6.29 Å². The molecule has 0 saturated carbocycles. The molecule has 136 valence electrons. The number of carbonyl (C=O) groups is 1. The molecule has 0 radical (unpaired) electrons. The number of esters is 1. The third kappa shape index (κ3) is 2.86. The highest BCUT2D eigenvalue weighted by atomic mass is 16.7. The van der Waals surface area contributed by atoms with Gasteiger partial charge in [0.05, 0.1) is 5.57 Å². The lowest BCUT2D eigenvalue weighted by atomic mass is 9.98. The van der Waals surface area contributed by atoms with Crippen LogP contribution in [0.3, 0.4) is 0 Å². The summed E-state index contributed by atoms with van der Waals surface area (Å²) in [5, 5.41) is 4.44. The van der Waals surface area contributed by atoms with E-state index in [1.165, 1.54) is 0 Å². The second-order valence-corrected chi connectivity index (χ2v) is 6.99. The van der Waals surface area contributed by atoms with E-state index in [9.17, 15) is 4.79 Å². The third-order valence-electron chi connectivity index (χ3n) is 5.17. The minimum atomic E-state index is -0.765. The Morgan fingerprint density at radius 1 is 0.679 bits per heavy atom. The van der Waals surface area contributed by atoms with E-state index in [-0.39, 0.29) is 0 Å². The molecular weight excluding hydrogens is 348 g/mol. The van der Waals surface area contributed by atoms with E-state index in [2.05, 4.69) is 12.6 Å². The Hall–Kier alpha value is -3.43. The summed E-state index contributed by atoms with van der Waals surface area (Å²) in [7, 11) is 0. The third-order valence-corrected chi connectivity index (χ3v) is 5.17. The average Bonchev–Trinajstić information content (AvgIpc) is 2.75. The van der Waals surface area contributed by atoms with Crippen molar-refractivity contribution in [1.29, 1.82) is 0 Å². The molecule has 4 aromatic rings. The lowest BCUT2D eigenvalue weighted by Crippen LogP contribution is -2.28. The zero-order chi connectivity index (χ0) is 19.1. The summed E-state index contributed by atoms with van der Waals surface area (Å²) in [4.78, 5) is 12.5. The molecule has 0 spiro atoms. The van der Waals surface area contributed by atoms with Gasteiger partial charge in [0.1, 0.15) is 6.10 Å². The van der Waals surface area contributed by atoms with Gasteiger partial charge in [0, 0.05) is 5.56 Å². The number of cyclic esters (lactones) is 1. The highest BCUT2D eigenvalue weighted by Gasteiger charge is 2.35. The molecule has 2 unspecified atom stereocenters. The molecule has 1 fully saturated rings. The molecule has 0 aromatic heterocycles. The molecule has 5 rings (SSSR count). The Kier molecular flexibility index (Phi) is 3.96. The van der Waals surface area contributed by atoms with Crippen molar-refractivity contribution in [3.63, 3.8) is 0 Å². The molecule has 28 heavy (non-hydrogen) atoms. The average molecular weight is 366 g/mol. The van der Waals surface area contributed by atoms with Crippen LogP contribution in [0.25, 0.3) is 21.5 Å². The lowest BCUT2D eigenvalue weighted by molar-refractivity contribution is -0.204. The predicted octanol–water partition coefficient (Wildman–Crippen LogP) is 5.86. The molecule has 0 aliphatic carbocycles. The van der Waals surface area contributed by atoms with Crippen LogP contribution in [0.15, 0.2) is 97.1 Å². The van der Waals surface area contributed by atoms with Crippen LogP contribution in [0, 0.1) is 0 Å². The minimum absolute atomic E-state index is 0.312. The lowest BCUT2D eigenvalue weighted by Gasteiger charge is -2.31. The molecule has 2 atom stereocenters. The summed E-state index contributed by atoms with van der Waals surface area (Å²) in [6.45, 7) is 3.91. The zero-order valence-corrected chi connectivity index (χ0v) is 15.2. The van der Waals surface area contributed by atoms with Gasteiger partial charge in [-0.15, -0.1) is 0 Å². The van der Waals surface area contributed by atoms with Gasteiger partial charge in [-0.3, -0.25) is 0 Å². The van der Waals surface area contributed by atoms with Crippen molar-refractivity contribution in [2.24, 2.45) is 0 Å². The van der Waals surface area contributed by atoms with Crippen molar-refractivity contribution in [3.05, 3.63) is 108 Å². The summed E-state index contributed by atoms with van der Waals surface area (Å²) >= 11 is 0. The van der Waals surface area contributed by atoms with Gasteiger partial charge in [-0.2, -0.15) is 0 Å². The molecule has 3 heteroatoms. The SMILES string of the molecule is C=C1C(=O)OC(c2ccc3ccccc3c2)OC1c1ccc2ccccc2c1. The van der Waals surface area contributed by atoms with E-state index < -0.39 is 18.4 Å². The topological polar surface area (TPSA) is 35.5 Å². The maximum Gasteiger partial charge on any atom is 0.338 e. The molecule has 1 aliphatic heterocycles. The van der Waals surface area contributed by atoms with Crippen LogP contribution in [-0.4, -0.2) is 5.97 Å². The minimum Gasteiger partial charge on any atom is -0.428 e. The van der Waals surface area contributed by atoms with E-state index in [4.69, 9.17) is 9.47 Å². The highest BCUT2D eigenvalue weighted by Crippen LogP contribution is 2.39. The first kappa shape index (κ1) is 16.7. The molecule has 4 aromatic carbocycles. The van der Waals surface area contributed by atoms with Crippen molar-refractivity contribution in [3.8, 4) is 0 Å². The maximum atomic E-state index is 12.5. The number of hydrogen-bond donors (Lipinski definition) is 0. The van der Waals surface area contributed by atoms with Gasteiger partial charge in [0.25, 0.3) is 0 Å². The molecule has 0 amide bonds. The largest absolute Gasteiger partial charge is 0.428 e. The van der Waals surface area contributed by atoms with Gasteiger partial charge in [-0.1, -0.05) is 79.4 Å². The fourth-order valence-corrected chi connectivity index (χ4v) is 3.67. The number of hydrogen-bond acceptors (Lipinski definition) is 3. The normalized spacial score (nSPS) is 19.7. The first-order valence-electron chi connectivity index (χ1n) is 9.22. The Morgan fingerprint density at radius 2 is 1.21 bits per heavy atom. The van der Waals surface area contributed by atoms with Gasteiger partial charge in [0.15, 0.2) is 0 Å². The summed E-state index contributed by atoms with van der Waals surface area (Å²) in [5.41, 5.74) is 2.02. The molecule has 1 aliphatic rings. The number of rotatable bonds is 2. The predicted molar refractivity (Wildman–Crippen MR) is 110 cm³/mol. The smallest absolute Gasteiger partial charge is 0.338 e. The van der Waals surface area contributed by atoms with Crippen LogP contribution in [0.5, 0.6) is 0 Å². The van der Waals surface area contributed by atoms with Crippen molar-refractivity contribution in [1.82, 2.24) is 0 Å². The van der Waals surface area contributed by atoms with E-state index in [0.717, 1.165) is 32.7 Å². The summed E-state index contributed by atoms with van der Waals surface area (Å²) < 4.78 is 11.7. The quantitative estimate of drug-likeness (QED) is 0.329. The second kappa shape index (κ2) is 6.63. The van der Waals surface area contributed by atoms with Gasteiger partial charge in [-0.05, 0) is 39.2 Å². The van der Waals surface area contributed by atoms with Gasteiger partial charge >= 0.3 is 5.97 Å². The fraction of sp³-hybridized carbons (Fsp3) is 0.0800. The summed E-state index contributed by atoms with van der Waals surface area (Å²) in [5.74, 6) is -0.428. The number of ether oxygens (including phenoxy) is 2. The molecule has 3 nitrogen and oxygen atoms in total. The van der Waals surface area contributed by atoms with Crippen LogP contribution in [0.4, 0.5) is 0 Å². The Bertz CT molecular complexity index is 1220. The molecular formula is C25H18O3. The zero-order valence-electron chi connectivity index (χ0n) is 15.2. The van der Waals surface area contributed by atoms with Crippen LogP contribution in [0.1, 0.15) is 23.5 Å². The van der Waals surface area contributed by atoms with Crippen LogP contribution in [-0.2, 0) is 14.3 Å². The molecule has 0 bridgehead atoms. The molecule has 0 N–H and O–H groups in total. The summed E-state index contributed by atoms with van der Waals surface area (Å²) in [6, 6.07) is 28.2. The molecule has 1 heterocycles. The first-order valence-corrected chi connectivity index (χ1v) is 9.22. The van der Waals surface area contributed by atoms with Crippen LogP contribution < -0.4 is 0 Å². The summed E-state index contributed by atoms with van der Waals surface area (Å²) in [6.07, 6.45) is -1.30. The highest BCUT2D eigenvalue weighted by molar-refractivity contribution is 5.91. The van der Waals surface area contributed by atoms with Crippen molar-refractivity contribution in [2.45, 2.75) is 12.4 Å². The van der Waals surface area contributed by atoms with Crippen molar-refractivity contribution >= 4 is 27.5 Å². The number of carbonyl (C=O) groups excluding carboxylic acids is 1. The Balaban J connectivity index is 1.52. The van der Waals surface area contributed by atoms with Crippen molar-refractivity contribution in [2.75, 3.05) is 0 Å². The second-order valence-electron chi connectivity index (χ2n) is 6.99. The van der Waals surface area contributed by atoms with Crippen molar-refractivity contribution < 1.29 is 14.3 Å². The fourth-order valence-electron chi connectivity index (χ4n) is 3.67.